The molecule has 7 fully saturated rings. The summed E-state index contributed by atoms with van der Waals surface area (Å²) in [5, 5.41) is 0. The van der Waals surface area contributed by atoms with Crippen molar-refractivity contribution < 1.29 is 76.3 Å². The number of hydrogen-bond acceptors (Lipinski definition) is 16. The highest BCUT2D eigenvalue weighted by atomic mass is 16.6. The molecule has 0 amide bonds. The van der Waals surface area contributed by atoms with E-state index in [0.29, 0.717) is 24.7 Å². The summed E-state index contributed by atoms with van der Waals surface area (Å²) in [6.07, 6.45) is 26.3. The Bertz CT molecular complexity index is 2090. The van der Waals surface area contributed by atoms with Gasteiger partial charge in [0.15, 0.2) is 13.2 Å². The Morgan fingerprint density at radius 2 is 0.619 bits per heavy atom. The molecule has 0 aromatic rings. The minimum Gasteiger partial charge on any atom is -0.465 e. The summed E-state index contributed by atoms with van der Waals surface area (Å²) in [5.74, 6) is 0.227. The van der Waals surface area contributed by atoms with Crippen LogP contribution in [0.2, 0.25) is 0 Å². The average molecular weight is 1190 g/mol. The van der Waals surface area contributed by atoms with Gasteiger partial charge >= 0.3 is 47.8 Å². The molecule has 0 unspecified atom stereocenters. The normalized spacial score (nSPS) is 23.5. The molecule has 7 rings (SSSR count). The van der Waals surface area contributed by atoms with E-state index in [1.807, 2.05) is 90.0 Å². The molecule has 0 aromatic carbocycles. The Balaban J connectivity index is 0.000000295. The standard InChI is InChI=1S/C20H32O4.C17H30O4.C16H28O4.C15H26O4/c1-5-19(3,4)18(22)23-12-17(21)24-20(6-2)15-8-13-7-14(10-15)11-16(20)9-13;1-5-16(3,4)15(19)20-13-10-14(18)21-17(6-2)11-8-7-9-12-17;1-5-15(3,4)14(18)19-12-9-13(17)20-16(6-2)10-7-8-11-16;1-5-14(3,4)13(17)18-11-12(16)19-15(6-2)9-7-8-10-15/h13-16H,5-12H2,1-4H3;5-13H2,1-4H3;5-12H2,1-4H3;5-11H2,1-4H3. The molecule has 16 nitrogen and oxygen atoms in total. The molecule has 16 heteroatoms. The molecule has 7 aliphatic carbocycles. The van der Waals surface area contributed by atoms with E-state index in [1.165, 1.54) is 38.5 Å². The number of esters is 8. The van der Waals surface area contributed by atoms with Crippen LogP contribution in [-0.4, -0.2) is 96.6 Å². The van der Waals surface area contributed by atoms with Gasteiger partial charge in [-0.2, -0.15) is 0 Å². The van der Waals surface area contributed by atoms with Crippen LogP contribution in [0.5, 0.6) is 0 Å². The van der Waals surface area contributed by atoms with E-state index in [4.69, 9.17) is 37.9 Å². The van der Waals surface area contributed by atoms with Crippen LogP contribution in [0.25, 0.3) is 0 Å². The molecule has 7 aliphatic rings. The second-order valence-corrected chi connectivity index (χ2v) is 28.0. The van der Waals surface area contributed by atoms with Crippen LogP contribution < -0.4 is 0 Å². The van der Waals surface area contributed by atoms with E-state index >= 15 is 0 Å². The second-order valence-electron chi connectivity index (χ2n) is 28.0. The Morgan fingerprint density at radius 3 is 0.905 bits per heavy atom. The zero-order chi connectivity index (χ0) is 63.2. The van der Waals surface area contributed by atoms with E-state index < -0.39 is 27.6 Å². The van der Waals surface area contributed by atoms with Gasteiger partial charge in [-0.1, -0.05) is 61.8 Å². The summed E-state index contributed by atoms with van der Waals surface area (Å²) in [7, 11) is 0. The van der Waals surface area contributed by atoms with Gasteiger partial charge in [0.25, 0.3) is 0 Å². The van der Waals surface area contributed by atoms with Gasteiger partial charge in [-0.3, -0.25) is 28.8 Å². The predicted octanol–water partition coefficient (Wildman–Crippen LogP) is 15.0. The first-order chi connectivity index (χ1) is 39.4. The Morgan fingerprint density at radius 1 is 0.345 bits per heavy atom. The minimum absolute atomic E-state index is 0.112. The van der Waals surface area contributed by atoms with Crippen molar-refractivity contribution in [1.29, 1.82) is 0 Å². The summed E-state index contributed by atoms with van der Waals surface area (Å²) in [4.78, 5) is 95.4. The first-order valence-electron chi connectivity index (χ1n) is 32.9. The molecule has 0 aromatic heterocycles. The van der Waals surface area contributed by atoms with Crippen LogP contribution in [-0.2, 0) is 76.3 Å². The topological polar surface area (TPSA) is 210 Å². The van der Waals surface area contributed by atoms with Crippen LogP contribution in [0.15, 0.2) is 0 Å². The molecule has 0 radical (unpaired) electrons. The number of carbonyl (C=O) groups excluding carboxylic acids is 8. The van der Waals surface area contributed by atoms with Gasteiger partial charge in [0.05, 0.1) is 34.5 Å². The van der Waals surface area contributed by atoms with E-state index in [0.717, 1.165) is 127 Å². The van der Waals surface area contributed by atoms with Gasteiger partial charge in [0, 0.05) is 0 Å². The summed E-state index contributed by atoms with van der Waals surface area (Å²) in [6.45, 7) is 30.4. The Kier molecular flexibility index (Phi) is 29.3. The molecule has 484 valence electrons. The number of carbonyl (C=O) groups is 8. The first kappa shape index (κ1) is 74.0. The van der Waals surface area contributed by atoms with Gasteiger partial charge in [-0.15, -0.1) is 0 Å². The molecular formula is C68H116O16. The number of ether oxygens (including phenoxy) is 8. The van der Waals surface area contributed by atoms with Crippen molar-refractivity contribution >= 4 is 47.8 Å². The van der Waals surface area contributed by atoms with Crippen LogP contribution in [0, 0.1) is 45.3 Å². The third-order valence-corrected chi connectivity index (χ3v) is 20.6. The maximum Gasteiger partial charge on any atom is 0.344 e. The molecule has 4 bridgehead atoms. The molecule has 84 heavy (non-hydrogen) atoms. The van der Waals surface area contributed by atoms with Gasteiger partial charge in [0.1, 0.15) is 35.6 Å². The first-order valence-corrected chi connectivity index (χ1v) is 32.9. The highest BCUT2D eigenvalue weighted by molar-refractivity contribution is 5.81. The van der Waals surface area contributed by atoms with E-state index in [9.17, 15) is 38.4 Å². The van der Waals surface area contributed by atoms with E-state index in [-0.39, 0.29) is 103 Å². The lowest BCUT2D eigenvalue weighted by Crippen LogP contribution is -2.59. The maximum absolute atomic E-state index is 12.4. The zero-order valence-electron chi connectivity index (χ0n) is 55.5. The van der Waals surface area contributed by atoms with Gasteiger partial charge in [-0.25, -0.2) is 9.59 Å². The minimum atomic E-state index is -0.550. The fourth-order valence-electron chi connectivity index (χ4n) is 12.8. The average Bonchev–Trinajstić information content (AvgIpc) is 3.94. The molecule has 0 spiro atoms. The van der Waals surface area contributed by atoms with Crippen molar-refractivity contribution in [3.05, 3.63) is 0 Å². The molecule has 0 aliphatic heterocycles. The second kappa shape index (κ2) is 33.2. The number of hydrogen-bond donors (Lipinski definition) is 0. The van der Waals surface area contributed by atoms with Gasteiger partial charge in [0.2, 0.25) is 0 Å². The summed E-state index contributed by atoms with van der Waals surface area (Å²) >= 11 is 0. The summed E-state index contributed by atoms with van der Waals surface area (Å²) in [6, 6.07) is 0. The highest BCUT2D eigenvalue weighted by Gasteiger charge is 2.58. The lowest BCUT2D eigenvalue weighted by molar-refractivity contribution is -0.214. The van der Waals surface area contributed by atoms with Crippen molar-refractivity contribution in [2.24, 2.45) is 45.3 Å². The molecule has 0 N–H and O–H groups in total. The lowest BCUT2D eigenvalue weighted by Gasteiger charge is -2.60. The smallest absolute Gasteiger partial charge is 0.344 e. The molecule has 7 saturated carbocycles. The van der Waals surface area contributed by atoms with Crippen LogP contribution in [0.1, 0.15) is 291 Å². The molecular weight excluding hydrogens is 1070 g/mol. The van der Waals surface area contributed by atoms with Crippen molar-refractivity contribution in [3.8, 4) is 0 Å². The third kappa shape index (κ3) is 21.6. The van der Waals surface area contributed by atoms with Crippen LogP contribution in [0.4, 0.5) is 0 Å². The largest absolute Gasteiger partial charge is 0.465 e. The van der Waals surface area contributed by atoms with Gasteiger partial charge < -0.3 is 37.9 Å². The SMILES string of the molecule is CCC(C)(C)C(=O)OCC(=O)OC1(CC)C2CC3CC(C2)CC1C3.CCC1(OC(=O)CCOC(=O)C(C)(C)CC)CCCC1.CCC1(OC(=O)CCOC(=O)C(C)(C)CC)CCCCC1.CCC1(OC(=O)COC(=O)C(C)(C)CC)CCCC1. The molecule has 0 heterocycles. The highest BCUT2D eigenvalue weighted by Crippen LogP contribution is 2.60. The van der Waals surface area contributed by atoms with Gasteiger partial charge in [-0.05, 0) is 240 Å². The van der Waals surface area contributed by atoms with E-state index in [1.54, 1.807) is 0 Å². The summed E-state index contributed by atoms with van der Waals surface area (Å²) < 4.78 is 43.5. The van der Waals surface area contributed by atoms with Crippen molar-refractivity contribution in [1.82, 2.24) is 0 Å². The van der Waals surface area contributed by atoms with Crippen molar-refractivity contribution in [2.75, 3.05) is 26.4 Å². The quantitative estimate of drug-likeness (QED) is 0.0582. The van der Waals surface area contributed by atoms with Crippen LogP contribution in [0.3, 0.4) is 0 Å². The zero-order valence-corrected chi connectivity index (χ0v) is 55.5. The van der Waals surface area contributed by atoms with Crippen molar-refractivity contribution in [3.63, 3.8) is 0 Å². The fraction of sp³-hybridized carbons (Fsp3) is 0.882. The predicted molar refractivity (Wildman–Crippen MR) is 323 cm³/mol. The number of rotatable bonds is 26. The molecule has 0 atom stereocenters. The monoisotopic (exact) mass is 1190 g/mol. The Labute approximate surface area is 506 Å². The Hall–Kier alpha value is -4.24. The van der Waals surface area contributed by atoms with Crippen molar-refractivity contribution in [2.45, 2.75) is 313 Å². The molecule has 0 saturated heterocycles. The lowest BCUT2D eigenvalue weighted by atomic mass is 9.49. The summed E-state index contributed by atoms with van der Waals surface area (Å²) in [5.41, 5.74) is -3.23. The van der Waals surface area contributed by atoms with E-state index in [2.05, 4.69) is 20.8 Å². The third-order valence-electron chi connectivity index (χ3n) is 20.6. The van der Waals surface area contributed by atoms with Crippen LogP contribution >= 0.6 is 0 Å². The fourth-order valence-corrected chi connectivity index (χ4v) is 12.8. The maximum atomic E-state index is 12.4.